The van der Waals surface area contributed by atoms with Gasteiger partial charge in [-0.15, -0.1) is 0 Å². The van der Waals surface area contributed by atoms with E-state index in [1.165, 1.54) is 13.0 Å². The van der Waals surface area contributed by atoms with Gasteiger partial charge in [-0.2, -0.15) is 0 Å². The van der Waals surface area contributed by atoms with Gasteiger partial charge in [0.2, 0.25) is 0 Å². The summed E-state index contributed by atoms with van der Waals surface area (Å²) in [6.45, 7) is 3.69. The number of esters is 1. The third-order valence-electron chi connectivity index (χ3n) is 3.50. The fourth-order valence-corrected chi connectivity index (χ4v) is 2.34. The first-order valence-electron chi connectivity index (χ1n) is 7.82. The number of ketones is 1. The molecular formula is C19H18ClNO4. The van der Waals surface area contributed by atoms with E-state index in [9.17, 15) is 14.4 Å². The van der Waals surface area contributed by atoms with Crippen LogP contribution in [-0.4, -0.2) is 30.3 Å². The van der Waals surface area contributed by atoms with Crippen LogP contribution >= 0.6 is 11.6 Å². The second-order valence-electron chi connectivity index (χ2n) is 5.32. The molecule has 0 radical (unpaired) electrons. The van der Waals surface area contributed by atoms with Crippen LogP contribution in [0.15, 0.2) is 48.5 Å². The van der Waals surface area contributed by atoms with Crippen LogP contribution in [0.4, 0.5) is 0 Å². The molecular weight excluding hydrogens is 342 g/mol. The van der Waals surface area contributed by atoms with Gasteiger partial charge in [-0.05, 0) is 44.2 Å². The van der Waals surface area contributed by atoms with Crippen molar-refractivity contribution >= 4 is 29.3 Å². The molecule has 25 heavy (non-hydrogen) atoms. The van der Waals surface area contributed by atoms with Crippen molar-refractivity contribution in [3.8, 4) is 0 Å². The minimum absolute atomic E-state index is 0.110. The molecule has 5 nitrogen and oxygen atoms in total. The quantitative estimate of drug-likeness (QED) is 0.634. The number of likely N-dealkylation sites (N-methyl/N-ethyl adjacent to an activating group) is 1. The van der Waals surface area contributed by atoms with Crippen LogP contribution in [0.25, 0.3) is 0 Å². The maximum absolute atomic E-state index is 12.7. The lowest BCUT2D eigenvalue weighted by Gasteiger charge is -2.14. The highest BCUT2D eigenvalue weighted by Crippen LogP contribution is 2.18. The highest BCUT2D eigenvalue weighted by Gasteiger charge is 2.23. The van der Waals surface area contributed by atoms with E-state index >= 15 is 0 Å². The number of amides is 1. The molecule has 2 aromatic rings. The Hall–Kier alpha value is -2.66. The molecule has 6 heteroatoms. The van der Waals surface area contributed by atoms with Crippen molar-refractivity contribution in [2.24, 2.45) is 0 Å². The molecule has 1 amide bonds. The standard InChI is InChI=1S/C19H18ClNO4/c1-3-21-18(23)12(2)25-19(24)16-7-5-4-6-15(16)17(22)13-8-10-14(20)11-9-13/h4-12H,3H2,1-2H3,(H,21,23)/t12-/m1/s1. The molecule has 1 atom stereocenters. The maximum Gasteiger partial charge on any atom is 0.339 e. The lowest BCUT2D eigenvalue weighted by molar-refractivity contribution is -0.128. The van der Waals surface area contributed by atoms with E-state index in [-0.39, 0.29) is 16.9 Å². The maximum atomic E-state index is 12.7. The summed E-state index contributed by atoms with van der Waals surface area (Å²) < 4.78 is 5.17. The van der Waals surface area contributed by atoms with Crippen LogP contribution in [0, 0.1) is 0 Å². The van der Waals surface area contributed by atoms with Crippen molar-refractivity contribution in [1.29, 1.82) is 0 Å². The zero-order valence-electron chi connectivity index (χ0n) is 13.9. The largest absolute Gasteiger partial charge is 0.449 e. The first-order valence-corrected chi connectivity index (χ1v) is 8.19. The SMILES string of the molecule is CCNC(=O)[C@@H](C)OC(=O)c1ccccc1C(=O)c1ccc(Cl)cc1. The van der Waals surface area contributed by atoms with Crippen molar-refractivity contribution in [1.82, 2.24) is 5.32 Å². The normalized spacial score (nSPS) is 11.5. The predicted molar refractivity (Wildman–Crippen MR) is 94.9 cm³/mol. The minimum atomic E-state index is -0.953. The molecule has 0 unspecified atom stereocenters. The number of carbonyl (C=O) groups excluding carboxylic acids is 3. The summed E-state index contributed by atoms with van der Waals surface area (Å²) in [5, 5.41) is 3.09. The average molecular weight is 360 g/mol. The van der Waals surface area contributed by atoms with Crippen molar-refractivity contribution in [2.75, 3.05) is 6.54 Å². The van der Waals surface area contributed by atoms with Gasteiger partial charge >= 0.3 is 5.97 Å². The lowest BCUT2D eigenvalue weighted by Crippen LogP contribution is -2.35. The van der Waals surface area contributed by atoms with Crippen molar-refractivity contribution in [3.63, 3.8) is 0 Å². The van der Waals surface area contributed by atoms with E-state index in [0.29, 0.717) is 17.1 Å². The minimum Gasteiger partial charge on any atom is -0.449 e. The summed E-state index contributed by atoms with van der Waals surface area (Å²) >= 11 is 5.83. The van der Waals surface area contributed by atoms with Crippen LogP contribution in [0.3, 0.4) is 0 Å². The molecule has 0 bridgehead atoms. The zero-order valence-corrected chi connectivity index (χ0v) is 14.7. The third-order valence-corrected chi connectivity index (χ3v) is 3.75. The second-order valence-corrected chi connectivity index (χ2v) is 5.76. The molecule has 0 spiro atoms. The number of halogens is 1. The molecule has 2 rings (SSSR count). The van der Waals surface area contributed by atoms with Gasteiger partial charge in [-0.1, -0.05) is 29.8 Å². The van der Waals surface area contributed by atoms with Gasteiger partial charge in [0.15, 0.2) is 11.9 Å². The first-order chi connectivity index (χ1) is 11.9. The van der Waals surface area contributed by atoms with E-state index in [1.807, 2.05) is 0 Å². The Balaban J connectivity index is 2.25. The molecule has 0 aromatic heterocycles. The topological polar surface area (TPSA) is 72.5 Å². The summed E-state index contributed by atoms with van der Waals surface area (Å²) in [4.78, 5) is 36.8. The second kappa shape index (κ2) is 8.44. The summed E-state index contributed by atoms with van der Waals surface area (Å²) in [5.41, 5.74) is 0.720. The highest BCUT2D eigenvalue weighted by atomic mass is 35.5. The number of rotatable bonds is 6. The molecule has 0 aliphatic carbocycles. The van der Waals surface area contributed by atoms with E-state index in [4.69, 9.17) is 16.3 Å². The average Bonchev–Trinajstić information content (AvgIpc) is 2.62. The van der Waals surface area contributed by atoms with E-state index < -0.39 is 18.0 Å². The van der Waals surface area contributed by atoms with Crippen LogP contribution in [0.1, 0.15) is 40.1 Å². The molecule has 0 saturated heterocycles. The Morgan fingerprint density at radius 2 is 1.64 bits per heavy atom. The number of hydrogen-bond acceptors (Lipinski definition) is 4. The Morgan fingerprint density at radius 3 is 2.24 bits per heavy atom. The molecule has 0 aliphatic rings. The molecule has 2 aromatic carbocycles. The van der Waals surface area contributed by atoms with Gasteiger partial charge in [0.05, 0.1) is 5.56 Å². The number of ether oxygens (including phenoxy) is 1. The fourth-order valence-electron chi connectivity index (χ4n) is 2.21. The zero-order chi connectivity index (χ0) is 18.4. The molecule has 0 saturated carbocycles. The molecule has 1 N–H and O–H groups in total. The van der Waals surface area contributed by atoms with Crippen LogP contribution in [0.5, 0.6) is 0 Å². The first kappa shape index (κ1) is 18.7. The highest BCUT2D eigenvalue weighted by molar-refractivity contribution is 6.30. The van der Waals surface area contributed by atoms with Gasteiger partial charge < -0.3 is 10.1 Å². The Kier molecular flexibility index (Phi) is 6.31. The van der Waals surface area contributed by atoms with Crippen LogP contribution < -0.4 is 5.32 Å². The monoisotopic (exact) mass is 359 g/mol. The summed E-state index contributed by atoms with van der Waals surface area (Å²) in [5.74, 6) is -1.44. The lowest BCUT2D eigenvalue weighted by atomic mass is 9.98. The Morgan fingerprint density at radius 1 is 1.04 bits per heavy atom. The number of nitrogens with one attached hydrogen (secondary N) is 1. The summed E-state index contributed by atoms with van der Waals surface area (Å²) in [6.07, 6.45) is -0.953. The third kappa shape index (κ3) is 4.67. The molecule has 0 aliphatic heterocycles. The van der Waals surface area contributed by atoms with Crippen molar-refractivity contribution in [2.45, 2.75) is 20.0 Å². The van der Waals surface area contributed by atoms with E-state index in [1.54, 1.807) is 49.4 Å². The molecule has 0 fully saturated rings. The Labute approximate surface area is 150 Å². The van der Waals surface area contributed by atoms with E-state index in [0.717, 1.165) is 0 Å². The van der Waals surface area contributed by atoms with Gasteiger partial charge in [-0.3, -0.25) is 9.59 Å². The molecule has 130 valence electrons. The van der Waals surface area contributed by atoms with Crippen molar-refractivity contribution < 1.29 is 19.1 Å². The van der Waals surface area contributed by atoms with Gasteiger partial charge in [0.1, 0.15) is 0 Å². The number of benzene rings is 2. The van der Waals surface area contributed by atoms with Crippen molar-refractivity contribution in [3.05, 3.63) is 70.2 Å². The van der Waals surface area contributed by atoms with Crippen LogP contribution in [0.2, 0.25) is 5.02 Å². The smallest absolute Gasteiger partial charge is 0.339 e. The molecule has 0 heterocycles. The van der Waals surface area contributed by atoms with Gasteiger partial charge in [0, 0.05) is 22.7 Å². The van der Waals surface area contributed by atoms with Gasteiger partial charge in [-0.25, -0.2) is 4.79 Å². The predicted octanol–water partition coefficient (Wildman–Crippen LogP) is 3.25. The summed E-state index contributed by atoms with van der Waals surface area (Å²) in [6, 6.07) is 12.7. The number of carbonyl (C=O) groups is 3. The van der Waals surface area contributed by atoms with E-state index in [2.05, 4.69) is 5.32 Å². The summed E-state index contributed by atoms with van der Waals surface area (Å²) in [7, 11) is 0. The van der Waals surface area contributed by atoms with Crippen LogP contribution in [-0.2, 0) is 9.53 Å². The Bertz CT molecular complexity index is 786. The van der Waals surface area contributed by atoms with Gasteiger partial charge in [0.25, 0.3) is 5.91 Å². The fraction of sp³-hybridized carbons (Fsp3) is 0.211. The number of hydrogen-bond donors (Lipinski definition) is 1.